The van der Waals surface area contributed by atoms with Crippen molar-refractivity contribution < 1.29 is 9.30 Å². The van der Waals surface area contributed by atoms with Crippen LogP contribution in [0.15, 0.2) is 79.1 Å². The highest BCUT2D eigenvalue weighted by Gasteiger charge is 2.36. The molecule has 0 unspecified atom stereocenters. The van der Waals surface area contributed by atoms with Crippen molar-refractivity contribution in [2.75, 3.05) is 16.8 Å². The van der Waals surface area contributed by atoms with Gasteiger partial charge in [0.05, 0.1) is 40.9 Å². The Hall–Kier alpha value is -5.17. The molecule has 0 saturated carbocycles. The lowest BCUT2D eigenvalue weighted by atomic mass is 9.95. The average Bonchev–Trinajstić information content (AvgIpc) is 3.52. The van der Waals surface area contributed by atoms with E-state index in [1.54, 1.807) is 0 Å². The Morgan fingerprint density at radius 1 is 0.771 bits per heavy atom. The number of nitrogens with zero attached hydrogens (tertiary/aromatic N) is 6. The predicted molar refractivity (Wildman–Crippen MR) is 197 cm³/mol. The van der Waals surface area contributed by atoms with Crippen molar-refractivity contribution in [1.82, 2.24) is 14.4 Å². The highest BCUT2D eigenvalue weighted by molar-refractivity contribution is 6.13. The molecule has 1 atom stereocenters. The van der Waals surface area contributed by atoms with Crippen molar-refractivity contribution in [3.8, 4) is 11.5 Å². The van der Waals surface area contributed by atoms with E-state index in [-0.39, 0.29) is 6.17 Å². The fraction of sp³-hybridized carbons (Fsp3) is 0.293. The number of ether oxygens (including phenoxy) is 1. The minimum Gasteiger partial charge on any atom is -0.455 e. The molecule has 1 aliphatic rings. The van der Waals surface area contributed by atoms with Crippen molar-refractivity contribution in [3.05, 3.63) is 101 Å². The topological polar surface area (TPSA) is 49.8 Å². The van der Waals surface area contributed by atoms with Gasteiger partial charge in [0.25, 0.3) is 5.65 Å². The monoisotopic (exact) mass is 635 g/mol. The number of rotatable bonds is 5. The first-order valence-electron chi connectivity index (χ1n) is 17.0. The average molecular weight is 636 g/mol. The molecule has 0 saturated heterocycles. The van der Waals surface area contributed by atoms with Crippen molar-refractivity contribution in [1.29, 1.82) is 0 Å². The Balaban J connectivity index is 1.34. The van der Waals surface area contributed by atoms with Gasteiger partial charge < -0.3 is 14.5 Å². The minimum absolute atomic E-state index is 0.102. The van der Waals surface area contributed by atoms with E-state index in [1.165, 1.54) is 44.4 Å². The molecule has 7 heteroatoms. The maximum atomic E-state index is 6.87. The fourth-order valence-corrected chi connectivity index (χ4v) is 7.86. The van der Waals surface area contributed by atoms with Gasteiger partial charge in [0.1, 0.15) is 29.0 Å². The number of aromatic nitrogens is 4. The van der Waals surface area contributed by atoms with E-state index in [0.29, 0.717) is 11.8 Å². The molecular formula is C41H43N6O+. The molecule has 48 heavy (non-hydrogen) atoms. The summed E-state index contributed by atoms with van der Waals surface area (Å²) in [5.74, 6) is 3.15. The van der Waals surface area contributed by atoms with Gasteiger partial charge >= 0.3 is 0 Å². The lowest BCUT2D eigenvalue weighted by Crippen LogP contribution is -2.36. The molecule has 242 valence electrons. The first kappa shape index (κ1) is 30.2. The summed E-state index contributed by atoms with van der Waals surface area (Å²) in [4.78, 5) is 14.8. The summed E-state index contributed by atoms with van der Waals surface area (Å²) >= 11 is 0. The lowest BCUT2D eigenvalue weighted by Gasteiger charge is -2.29. The first-order valence-corrected chi connectivity index (χ1v) is 17.0. The molecule has 7 nitrogen and oxygen atoms in total. The van der Waals surface area contributed by atoms with Crippen molar-refractivity contribution >= 4 is 55.7 Å². The van der Waals surface area contributed by atoms with Gasteiger partial charge in [0.15, 0.2) is 11.0 Å². The molecule has 8 rings (SSSR count). The van der Waals surface area contributed by atoms with E-state index < -0.39 is 0 Å². The summed E-state index contributed by atoms with van der Waals surface area (Å²) in [6.45, 7) is 15.5. The smallest absolute Gasteiger partial charge is 0.297 e. The van der Waals surface area contributed by atoms with E-state index in [1.807, 2.05) is 18.5 Å². The lowest BCUT2D eigenvalue weighted by molar-refractivity contribution is -0.617. The molecule has 5 heterocycles. The maximum Gasteiger partial charge on any atom is 0.297 e. The van der Waals surface area contributed by atoms with E-state index in [4.69, 9.17) is 14.7 Å². The van der Waals surface area contributed by atoms with Crippen LogP contribution in [0.25, 0.3) is 38.5 Å². The molecule has 0 aliphatic carbocycles. The SMILES string of the molecule is Cc1c(Oc2cnc3c4c(C(C)C)cccc4n4c5ccccc5[n+](C)c4c3c2C)ccnc1N1c2c(C(C)C)cccc2N(C)[C@H]1C. The molecule has 7 aromatic rings. The molecule has 0 amide bonds. The molecule has 0 fully saturated rings. The number of benzene rings is 3. The van der Waals surface area contributed by atoms with Crippen LogP contribution in [0.4, 0.5) is 17.2 Å². The van der Waals surface area contributed by atoms with E-state index in [2.05, 4.69) is 142 Å². The third kappa shape index (κ3) is 4.16. The van der Waals surface area contributed by atoms with Crippen LogP contribution in [-0.4, -0.2) is 27.6 Å². The summed E-state index contributed by atoms with van der Waals surface area (Å²) in [6, 6.07) is 23.8. The van der Waals surface area contributed by atoms with E-state index in [0.717, 1.165) is 45.0 Å². The van der Waals surface area contributed by atoms with Crippen LogP contribution in [0.1, 0.15) is 68.7 Å². The normalized spacial score (nSPS) is 14.9. The zero-order chi connectivity index (χ0) is 33.6. The van der Waals surface area contributed by atoms with Crippen molar-refractivity contribution in [2.45, 2.75) is 66.5 Å². The number of hydrogen-bond acceptors (Lipinski definition) is 5. The molecule has 3 aromatic carbocycles. The zero-order valence-corrected chi connectivity index (χ0v) is 29.3. The van der Waals surface area contributed by atoms with Gasteiger partial charge in [-0.2, -0.15) is 4.40 Å². The molecule has 4 aromatic heterocycles. The second-order valence-electron chi connectivity index (χ2n) is 13.9. The van der Waals surface area contributed by atoms with Crippen LogP contribution in [0.5, 0.6) is 11.5 Å². The number of aryl methyl sites for hydroxylation is 2. The summed E-state index contributed by atoms with van der Waals surface area (Å²) in [5, 5.41) is 2.30. The van der Waals surface area contributed by atoms with Gasteiger partial charge in [-0.3, -0.25) is 4.98 Å². The van der Waals surface area contributed by atoms with Gasteiger partial charge in [-0.25, -0.2) is 9.55 Å². The quantitative estimate of drug-likeness (QED) is 0.139. The molecular weight excluding hydrogens is 592 g/mol. The van der Waals surface area contributed by atoms with Gasteiger partial charge in [-0.1, -0.05) is 64.1 Å². The first-order chi connectivity index (χ1) is 23.1. The molecule has 0 spiro atoms. The predicted octanol–water partition coefficient (Wildman–Crippen LogP) is 9.60. The van der Waals surface area contributed by atoms with E-state index >= 15 is 0 Å². The molecule has 0 N–H and O–H groups in total. The number of hydrogen-bond donors (Lipinski definition) is 0. The van der Waals surface area contributed by atoms with Crippen LogP contribution in [0.2, 0.25) is 0 Å². The Morgan fingerprint density at radius 2 is 1.48 bits per heavy atom. The molecule has 0 bridgehead atoms. The highest BCUT2D eigenvalue weighted by Crippen LogP contribution is 2.49. The van der Waals surface area contributed by atoms with Crippen molar-refractivity contribution in [2.24, 2.45) is 7.05 Å². The molecule has 0 radical (unpaired) electrons. The zero-order valence-electron chi connectivity index (χ0n) is 29.3. The Kier molecular flexibility index (Phi) is 6.88. The third-order valence-corrected chi connectivity index (χ3v) is 10.5. The molecule has 1 aliphatic heterocycles. The van der Waals surface area contributed by atoms with Crippen molar-refractivity contribution in [3.63, 3.8) is 0 Å². The Bertz CT molecular complexity index is 2420. The van der Waals surface area contributed by atoms with Crippen LogP contribution in [0, 0.1) is 13.8 Å². The van der Waals surface area contributed by atoms with Crippen LogP contribution in [-0.2, 0) is 7.05 Å². The summed E-state index contributed by atoms with van der Waals surface area (Å²) in [5.41, 5.74) is 12.7. The number of fused-ring (bicyclic) bond motifs is 9. The van der Waals surface area contributed by atoms with Gasteiger partial charge in [0, 0.05) is 24.4 Å². The largest absolute Gasteiger partial charge is 0.455 e. The number of para-hydroxylation sites is 3. The maximum absolute atomic E-state index is 6.87. The fourth-order valence-electron chi connectivity index (χ4n) is 7.86. The van der Waals surface area contributed by atoms with Crippen LogP contribution < -0.4 is 19.1 Å². The van der Waals surface area contributed by atoms with Gasteiger partial charge in [-0.05, 0) is 74.1 Å². The van der Waals surface area contributed by atoms with Crippen LogP contribution >= 0.6 is 0 Å². The number of pyridine rings is 3. The standard InChI is InChI=1S/C41H43N6O/c1-23(2)28-14-12-18-32-37(28)38-36(41-45(9)30-16-10-11-17-31(30)47(32)41)25(5)35(22-43-38)48-34-20-21-42-40(26(34)6)46-27(7)44(8)33-19-13-15-29(24(3)4)39(33)46/h10-24,27H,1-9H3/q+1/t27-/m1/s1. The summed E-state index contributed by atoms with van der Waals surface area (Å²) in [6.07, 6.45) is 3.88. The summed E-state index contributed by atoms with van der Waals surface area (Å²) < 4.78 is 11.6. The van der Waals surface area contributed by atoms with E-state index in [9.17, 15) is 0 Å². The number of anilines is 3. The van der Waals surface area contributed by atoms with Gasteiger partial charge in [0.2, 0.25) is 0 Å². The van der Waals surface area contributed by atoms with Crippen LogP contribution in [0.3, 0.4) is 0 Å². The minimum atomic E-state index is 0.102. The third-order valence-electron chi connectivity index (χ3n) is 10.5. The summed E-state index contributed by atoms with van der Waals surface area (Å²) in [7, 11) is 4.31. The highest BCUT2D eigenvalue weighted by atomic mass is 16.5. The second kappa shape index (κ2) is 10.9. The number of imidazole rings is 1. The second-order valence-corrected chi connectivity index (χ2v) is 13.9. The van der Waals surface area contributed by atoms with Gasteiger partial charge in [-0.15, -0.1) is 0 Å². The Labute approximate surface area is 282 Å². The Morgan fingerprint density at radius 3 is 2.25 bits per heavy atom.